The van der Waals surface area contributed by atoms with E-state index < -0.39 is 0 Å². The lowest BCUT2D eigenvalue weighted by Crippen LogP contribution is -2.28. The lowest BCUT2D eigenvalue weighted by atomic mass is 9.96. The second-order valence-corrected chi connectivity index (χ2v) is 4.76. The number of nitrogens with one attached hydrogen (secondary N) is 1. The molecule has 0 saturated carbocycles. The average molecular weight is 221 g/mol. The highest BCUT2D eigenvalue weighted by molar-refractivity contribution is 5.24. The van der Waals surface area contributed by atoms with Crippen LogP contribution in [0.5, 0.6) is 0 Å². The Morgan fingerprint density at radius 2 is 2.19 bits per heavy atom. The fraction of sp³-hybridized carbons (Fsp3) is 0.714. The number of hydrogen-bond donors (Lipinski definition) is 1. The van der Waals surface area contributed by atoms with Crippen LogP contribution in [0.25, 0.3) is 0 Å². The summed E-state index contributed by atoms with van der Waals surface area (Å²) in [4.78, 5) is 0. The topological polar surface area (TPSA) is 25.2 Å². The molecule has 0 fully saturated rings. The van der Waals surface area contributed by atoms with E-state index in [0.717, 1.165) is 13.0 Å². The maximum atomic E-state index is 5.49. The van der Waals surface area contributed by atoms with Crippen molar-refractivity contribution >= 4 is 0 Å². The van der Waals surface area contributed by atoms with Gasteiger partial charge in [-0.3, -0.25) is 0 Å². The van der Waals surface area contributed by atoms with Crippen LogP contribution < -0.4 is 5.32 Å². The van der Waals surface area contributed by atoms with Crippen LogP contribution in [0.1, 0.15) is 62.8 Å². The SMILES string of the molecule is CCCCCCCC1NCCc2occc21. The second kappa shape index (κ2) is 6.09. The molecule has 1 aliphatic rings. The van der Waals surface area contributed by atoms with E-state index in [0.29, 0.717) is 6.04 Å². The fourth-order valence-electron chi connectivity index (χ4n) is 2.54. The van der Waals surface area contributed by atoms with Crippen molar-refractivity contribution in [3.8, 4) is 0 Å². The molecule has 1 unspecified atom stereocenters. The Kier molecular flexibility index (Phi) is 4.46. The third-order valence-electron chi connectivity index (χ3n) is 3.49. The van der Waals surface area contributed by atoms with Crippen LogP contribution in [0.15, 0.2) is 16.7 Å². The zero-order valence-corrected chi connectivity index (χ0v) is 10.3. The third-order valence-corrected chi connectivity index (χ3v) is 3.49. The van der Waals surface area contributed by atoms with E-state index in [1.54, 1.807) is 0 Å². The molecule has 1 N–H and O–H groups in total. The second-order valence-electron chi connectivity index (χ2n) is 4.76. The van der Waals surface area contributed by atoms with Gasteiger partial charge in [-0.1, -0.05) is 39.0 Å². The fourth-order valence-corrected chi connectivity index (χ4v) is 2.54. The molecule has 2 nitrogen and oxygen atoms in total. The van der Waals surface area contributed by atoms with E-state index in [-0.39, 0.29) is 0 Å². The quantitative estimate of drug-likeness (QED) is 0.739. The smallest absolute Gasteiger partial charge is 0.109 e. The molecule has 90 valence electrons. The molecule has 16 heavy (non-hydrogen) atoms. The zero-order valence-electron chi connectivity index (χ0n) is 10.3. The maximum Gasteiger partial charge on any atom is 0.109 e. The first kappa shape index (κ1) is 11.7. The van der Waals surface area contributed by atoms with Crippen molar-refractivity contribution in [2.45, 2.75) is 57.9 Å². The highest BCUT2D eigenvalue weighted by Gasteiger charge is 2.21. The Morgan fingerprint density at radius 1 is 1.31 bits per heavy atom. The monoisotopic (exact) mass is 221 g/mol. The minimum absolute atomic E-state index is 0.545. The lowest BCUT2D eigenvalue weighted by molar-refractivity contribution is 0.408. The molecule has 2 heteroatoms. The minimum Gasteiger partial charge on any atom is -0.469 e. The molecule has 0 amide bonds. The molecule has 1 aromatic heterocycles. The van der Waals surface area contributed by atoms with E-state index in [9.17, 15) is 0 Å². The van der Waals surface area contributed by atoms with Crippen molar-refractivity contribution in [1.82, 2.24) is 5.32 Å². The van der Waals surface area contributed by atoms with Crippen molar-refractivity contribution in [3.05, 3.63) is 23.7 Å². The van der Waals surface area contributed by atoms with Crippen LogP contribution >= 0.6 is 0 Å². The van der Waals surface area contributed by atoms with Crippen LogP contribution in [0.4, 0.5) is 0 Å². The van der Waals surface area contributed by atoms with Crippen molar-refractivity contribution in [1.29, 1.82) is 0 Å². The van der Waals surface area contributed by atoms with E-state index >= 15 is 0 Å². The Hall–Kier alpha value is -0.760. The number of fused-ring (bicyclic) bond motifs is 1. The van der Waals surface area contributed by atoms with Gasteiger partial charge in [0.15, 0.2) is 0 Å². The summed E-state index contributed by atoms with van der Waals surface area (Å²) >= 11 is 0. The summed E-state index contributed by atoms with van der Waals surface area (Å²) in [6, 6.07) is 2.68. The normalized spacial score (nSPS) is 19.7. The minimum atomic E-state index is 0.545. The van der Waals surface area contributed by atoms with Gasteiger partial charge in [-0.15, -0.1) is 0 Å². The maximum absolute atomic E-state index is 5.49. The van der Waals surface area contributed by atoms with E-state index in [2.05, 4.69) is 18.3 Å². The molecule has 0 aromatic carbocycles. The summed E-state index contributed by atoms with van der Waals surface area (Å²) in [5.41, 5.74) is 1.40. The molecule has 1 aliphatic heterocycles. The van der Waals surface area contributed by atoms with Crippen LogP contribution in [0.2, 0.25) is 0 Å². The number of unbranched alkanes of at least 4 members (excludes halogenated alkanes) is 4. The molecule has 0 bridgehead atoms. The van der Waals surface area contributed by atoms with Gasteiger partial charge in [-0.2, -0.15) is 0 Å². The summed E-state index contributed by atoms with van der Waals surface area (Å²) in [6.07, 6.45) is 11.0. The van der Waals surface area contributed by atoms with Gasteiger partial charge in [0.05, 0.1) is 6.26 Å². The van der Waals surface area contributed by atoms with E-state index in [1.807, 2.05) is 6.26 Å². The zero-order chi connectivity index (χ0) is 11.2. The predicted molar refractivity (Wildman–Crippen MR) is 66.5 cm³/mol. The van der Waals surface area contributed by atoms with Gasteiger partial charge in [-0.25, -0.2) is 0 Å². The predicted octanol–water partition coefficient (Wildman–Crippen LogP) is 3.83. The molecule has 2 rings (SSSR count). The summed E-state index contributed by atoms with van der Waals surface area (Å²) in [5.74, 6) is 1.21. The molecule has 0 saturated heterocycles. The molecular weight excluding hydrogens is 198 g/mol. The van der Waals surface area contributed by atoms with Gasteiger partial charge < -0.3 is 9.73 Å². The molecule has 0 radical (unpaired) electrons. The Labute approximate surface area is 98.4 Å². The van der Waals surface area contributed by atoms with Crippen molar-refractivity contribution in [2.24, 2.45) is 0 Å². The van der Waals surface area contributed by atoms with Gasteiger partial charge in [0, 0.05) is 24.6 Å². The Balaban J connectivity index is 1.75. The van der Waals surface area contributed by atoms with Crippen molar-refractivity contribution < 1.29 is 4.42 Å². The van der Waals surface area contributed by atoms with Crippen molar-refractivity contribution in [2.75, 3.05) is 6.54 Å². The van der Waals surface area contributed by atoms with Gasteiger partial charge >= 0.3 is 0 Å². The Bertz CT molecular complexity index is 305. The summed E-state index contributed by atoms with van der Waals surface area (Å²) < 4.78 is 5.49. The average Bonchev–Trinajstić information content (AvgIpc) is 2.77. The summed E-state index contributed by atoms with van der Waals surface area (Å²) in [5, 5.41) is 3.59. The van der Waals surface area contributed by atoms with Crippen LogP contribution in [-0.4, -0.2) is 6.54 Å². The summed E-state index contributed by atoms with van der Waals surface area (Å²) in [7, 11) is 0. The van der Waals surface area contributed by atoms with Crippen molar-refractivity contribution in [3.63, 3.8) is 0 Å². The van der Waals surface area contributed by atoms with Gasteiger partial charge in [0.1, 0.15) is 5.76 Å². The first-order chi connectivity index (χ1) is 7.92. The van der Waals surface area contributed by atoms with E-state index in [1.165, 1.54) is 49.8 Å². The number of hydrogen-bond acceptors (Lipinski definition) is 2. The molecule has 0 spiro atoms. The first-order valence-corrected chi connectivity index (χ1v) is 6.71. The first-order valence-electron chi connectivity index (χ1n) is 6.71. The van der Waals surface area contributed by atoms with Crippen LogP contribution in [0.3, 0.4) is 0 Å². The standard InChI is InChI=1S/C14H23NO/c1-2-3-4-5-6-7-13-12-9-11-16-14(12)8-10-15-13/h9,11,13,15H,2-8,10H2,1H3. The molecular formula is C14H23NO. The molecule has 1 aromatic rings. The third kappa shape index (κ3) is 2.88. The highest BCUT2D eigenvalue weighted by Crippen LogP contribution is 2.27. The summed E-state index contributed by atoms with van der Waals surface area (Å²) in [6.45, 7) is 3.33. The van der Waals surface area contributed by atoms with Crippen LogP contribution in [0, 0.1) is 0 Å². The Morgan fingerprint density at radius 3 is 3.06 bits per heavy atom. The number of furan rings is 1. The number of rotatable bonds is 6. The van der Waals surface area contributed by atoms with E-state index in [4.69, 9.17) is 4.42 Å². The van der Waals surface area contributed by atoms with Crippen LogP contribution in [-0.2, 0) is 6.42 Å². The molecule has 1 atom stereocenters. The largest absolute Gasteiger partial charge is 0.469 e. The molecule has 2 heterocycles. The highest BCUT2D eigenvalue weighted by atomic mass is 16.3. The van der Waals surface area contributed by atoms with Gasteiger partial charge in [-0.05, 0) is 12.5 Å². The lowest BCUT2D eigenvalue weighted by Gasteiger charge is -2.23. The van der Waals surface area contributed by atoms with Gasteiger partial charge in [0.25, 0.3) is 0 Å². The van der Waals surface area contributed by atoms with Gasteiger partial charge in [0.2, 0.25) is 0 Å². The molecule has 0 aliphatic carbocycles.